The smallest absolute Gasteiger partial charge is 0.245 e. The first-order chi connectivity index (χ1) is 11.7. The van der Waals surface area contributed by atoms with Crippen molar-refractivity contribution in [3.05, 3.63) is 11.8 Å². The van der Waals surface area contributed by atoms with Gasteiger partial charge >= 0.3 is 0 Å². The first-order valence-electron chi connectivity index (χ1n) is 9.37. The highest BCUT2D eigenvalue weighted by atomic mass is 16.2. The highest BCUT2D eigenvalue weighted by Crippen LogP contribution is 2.30. The second-order valence-corrected chi connectivity index (χ2v) is 7.22. The van der Waals surface area contributed by atoms with Crippen LogP contribution in [0.25, 0.3) is 0 Å². The largest absolute Gasteiger partial charge is 0.343 e. The van der Waals surface area contributed by atoms with Crippen LogP contribution in [0.15, 0.2) is 6.07 Å². The van der Waals surface area contributed by atoms with E-state index in [4.69, 9.17) is 9.97 Å². The van der Waals surface area contributed by atoms with E-state index >= 15 is 0 Å². The first-order valence-corrected chi connectivity index (χ1v) is 9.37. The summed E-state index contributed by atoms with van der Waals surface area (Å²) in [5, 5.41) is 0. The Bertz CT molecular complexity index is 628. The van der Waals surface area contributed by atoms with Crippen LogP contribution in [0.1, 0.15) is 45.2 Å². The van der Waals surface area contributed by atoms with Gasteiger partial charge in [0, 0.05) is 44.0 Å². The number of amides is 1. The molecule has 4 heterocycles. The van der Waals surface area contributed by atoms with Crippen molar-refractivity contribution in [3.8, 4) is 0 Å². The highest BCUT2D eigenvalue weighted by Gasteiger charge is 2.41. The van der Waals surface area contributed by atoms with Gasteiger partial charge in [-0.2, -0.15) is 4.98 Å². The maximum absolute atomic E-state index is 12.7. The van der Waals surface area contributed by atoms with Gasteiger partial charge in [0.05, 0.1) is 0 Å². The molecule has 1 aromatic heterocycles. The molecule has 4 rings (SSSR count). The van der Waals surface area contributed by atoms with E-state index < -0.39 is 0 Å². The summed E-state index contributed by atoms with van der Waals surface area (Å²) < 4.78 is 0. The number of hydrogen-bond acceptors (Lipinski definition) is 5. The van der Waals surface area contributed by atoms with Gasteiger partial charge in [0.1, 0.15) is 11.9 Å². The summed E-state index contributed by atoms with van der Waals surface area (Å²) in [6.07, 6.45) is 5.55. The molecular weight excluding hydrogens is 302 g/mol. The SMILES string of the molecule is CCc1cc(N2C[C@@H]3CCCN3C(=O)[C@@H]2C)nc(N2CCCC2)n1. The van der Waals surface area contributed by atoms with Crippen molar-refractivity contribution in [3.63, 3.8) is 0 Å². The molecule has 3 aliphatic rings. The van der Waals surface area contributed by atoms with Gasteiger partial charge < -0.3 is 14.7 Å². The van der Waals surface area contributed by atoms with Crippen molar-refractivity contribution >= 4 is 17.7 Å². The van der Waals surface area contributed by atoms with Crippen LogP contribution < -0.4 is 9.80 Å². The lowest BCUT2D eigenvalue weighted by molar-refractivity contribution is -0.134. The summed E-state index contributed by atoms with van der Waals surface area (Å²) in [5.74, 6) is 2.02. The van der Waals surface area contributed by atoms with E-state index in [0.29, 0.717) is 6.04 Å². The fraction of sp³-hybridized carbons (Fsp3) is 0.722. The van der Waals surface area contributed by atoms with E-state index in [-0.39, 0.29) is 11.9 Å². The maximum Gasteiger partial charge on any atom is 0.245 e. The number of hydrogen-bond donors (Lipinski definition) is 0. The summed E-state index contributed by atoms with van der Waals surface area (Å²) >= 11 is 0. The Morgan fingerprint density at radius 3 is 2.67 bits per heavy atom. The second kappa shape index (κ2) is 6.22. The topological polar surface area (TPSA) is 52.6 Å². The quantitative estimate of drug-likeness (QED) is 0.847. The average molecular weight is 329 g/mol. The summed E-state index contributed by atoms with van der Waals surface area (Å²) in [5.41, 5.74) is 1.07. The number of aromatic nitrogens is 2. The number of nitrogens with zero attached hydrogens (tertiary/aromatic N) is 5. The Kier molecular flexibility index (Phi) is 4.06. The molecule has 0 aliphatic carbocycles. The number of anilines is 2. The molecule has 3 saturated heterocycles. The maximum atomic E-state index is 12.7. The predicted octanol–water partition coefficient (Wildman–Crippen LogP) is 1.84. The molecule has 0 bridgehead atoms. The van der Waals surface area contributed by atoms with Gasteiger partial charge in [-0.25, -0.2) is 4.98 Å². The molecule has 0 unspecified atom stereocenters. The van der Waals surface area contributed by atoms with Crippen molar-refractivity contribution in [1.82, 2.24) is 14.9 Å². The van der Waals surface area contributed by atoms with Crippen LogP contribution in [-0.2, 0) is 11.2 Å². The molecule has 3 fully saturated rings. The van der Waals surface area contributed by atoms with Crippen LogP contribution in [0.5, 0.6) is 0 Å². The molecule has 130 valence electrons. The van der Waals surface area contributed by atoms with E-state index in [1.54, 1.807) is 0 Å². The minimum Gasteiger partial charge on any atom is -0.343 e. The van der Waals surface area contributed by atoms with E-state index in [2.05, 4.69) is 27.7 Å². The molecular formula is C18H27N5O. The number of piperazine rings is 1. The van der Waals surface area contributed by atoms with Gasteiger partial charge in [-0.1, -0.05) is 6.92 Å². The molecule has 0 aromatic carbocycles. The monoisotopic (exact) mass is 329 g/mol. The number of carbonyl (C=O) groups excluding carboxylic acids is 1. The summed E-state index contributed by atoms with van der Waals surface area (Å²) in [4.78, 5) is 28.9. The van der Waals surface area contributed by atoms with Gasteiger partial charge in [-0.15, -0.1) is 0 Å². The standard InChI is InChI=1S/C18H27N5O/c1-3-14-11-16(20-18(19-14)21-8-4-5-9-21)23-12-15-7-6-10-22(15)17(24)13(23)2/h11,13,15H,3-10,12H2,1-2H3/t13-,15-/m0/s1. The van der Waals surface area contributed by atoms with Crippen LogP contribution >= 0.6 is 0 Å². The molecule has 6 nitrogen and oxygen atoms in total. The molecule has 2 atom stereocenters. The van der Waals surface area contributed by atoms with Crippen molar-refractivity contribution in [2.24, 2.45) is 0 Å². The third-order valence-electron chi connectivity index (χ3n) is 5.69. The molecule has 6 heteroatoms. The van der Waals surface area contributed by atoms with E-state index in [9.17, 15) is 4.79 Å². The molecule has 3 aliphatic heterocycles. The van der Waals surface area contributed by atoms with Gasteiger partial charge in [-0.05, 0) is 39.0 Å². The fourth-order valence-electron chi connectivity index (χ4n) is 4.22. The van der Waals surface area contributed by atoms with Crippen molar-refractivity contribution in [2.45, 2.75) is 58.0 Å². The van der Waals surface area contributed by atoms with Crippen LogP contribution in [0, 0.1) is 0 Å². The molecule has 24 heavy (non-hydrogen) atoms. The average Bonchev–Trinajstić information content (AvgIpc) is 3.29. The minimum atomic E-state index is -0.134. The van der Waals surface area contributed by atoms with Crippen LogP contribution in [0.3, 0.4) is 0 Å². The third-order valence-corrected chi connectivity index (χ3v) is 5.69. The molecule has 1 amide bonds. The molecule has 0 spiro atoms. The Labute approximate surface area is 143 Å². The third kappa shape index (κ3) is 2.62. The molecule has 0 saturated carbocycles. The lowest BCUT2D eigenvalue weighted by Crippen LogP contribution is -2.59. The van der Waals surface area contributed by atoms with Gasteiger partial charge in [0.15, 0.2) is 0 Å². The zero-order chi connectivity index (χ0) is 16.7. The number of carbonyl (C=O) groups is 1. The minimum absolute atomic E-state index is 0.134. The van der Waals surface area contributed by atoms with Gasteiger partial charge in [0.25, 0.3) is 0 Å². The number of rotatable bonds is 3. The number of fused-ring (bicyclic) bond motifs is 1. The Balaban J connectivity index is 1.67. The molecule has 0 N–H and O–H groups in total. The Morgan fingerprint density at radius 2 is 1.92 bits per heavy atom. The fourth-order valence-corrected chi connectivity index (χ4v) is 4.22. The highest BCUT2D eigenvalue weighted by molar-refractivity contribution is 5.86. The lowest BCUT2D eigenvalue weighted by atomic mass is 10.1. The lowest BCUT2D eigenvalue weighted by Gasteiger charge is -2.42. The zero-order valence-corrected chi connectivity index (χ0v) is 14.7. The van der Waals surface area contributed by atoms with Gasteiger partial charge in [0.2, 0.25) is 11.9 Å². The first kappa shape index (κ1) is 15.7. The molecule has 1 aromatic rings. The summed E-state index contributed by atoms with van der Waals surface area (Å²) in [7, 11) is 0. The Hall–Kier alpha value is -1.85. The van der Waals surface area contributed by atoms with Gasteiger partial charge in [-0.3, -0.25) is 4.79 Å². The van der Waals surface area contributed by atoms with Crippen LogP contribution in [0.2, 0.25) is 0 Å². The van der Waals surface area contributed by atoms with Crippen LogP contribution in [-0.4, -0.2) is 59.0 Å². The van der Waals surface area contributed by atoms with Crippen molar-refractivity contribution in [2.75, 3.05) is 36.0 Å². The number of aryl methyl sites for hydroxylation is 1. The second-order valence-electron chi connectivity index (χ2n) is 7.22. The Morgan fingerprint density at radius 1 is 1.12 bits per heavy atom. The van der Waals surface area contributed by atoms with E-state index in [1.807, 2.05) is 6.92 Å². The zero-order valence-electron chi connectivity index (χ0n) is 14.7. The van der Waals surface area contributed by atoms with Crippen molar-refractivity contribution in [1.29, 1.82) is 0 Å². The van der Waals surface area contributed by atoms with Crippen molar-refractivity contribution < 1.29 is 4.79 Å². The molecule has 0 radical (unpaired) electrons. The van der Waals surface area contributed by atoms with E-state index in [0.717, 1.165) is 62.9 Å². The predicted molar refractivity (Wildman–Crippen MR) is 94.4 cm³/mol. The van der Waals surface area contributed by atoms with E-state index in [1.165, 1.54) is 12.8 Å². The summed E-state index contributed by atoms with van der Waals surface area (Å²) in [6.45, 7) is 8.04. The van der Waals surface area contributed by atoms with Crippen LogP contribution in [0.4, 0.5) is 11.8 Å². The normalized spacial score (nSPS) is 27.1. The summed E-state index contributed by atoms with van der Waals surface area (Å²) in [6, 6.07) is 2.29.